The molecule has 0 spiro atoms. The van der Waals surface area contributed by atoms with Crippen LogP contribution in [0.1, 0.15) is 19.8 Å². The first-order chi connectivity index (χ1) is 17.7. The lowest BCUT2D eigenvalue weighted by Crippen LogP contribution is -2.32. The maximum atomic E-state index is 12.6. The molecule has 0 bridgehead atoms. The van der Waals surface area contributed by atoms with Crippen molar-refractivity contribution in [3.8, 4) is 22.9 Å². The van der Waals surface area contributed by atoms with Crippen LogP contribution < -0.4 is 15.8 Å². The molecule has 5 rings (SSSR count). The predicted octanol–water partition coefficient (Wildman–Crippen LogP) is 6.38. The number of benzene rings is 2. The van der Waals surface area contributed by atoms with Crippen molar-refractivity contribution >= 4 is 28.5 Å². The molecular formula is C26H24F3N5O3. The van der Waals surface area contributed by atoms with Crippen LogP contribution in [0.3, 0.4) is 0 Å². The molecule has 0 saturated heterocycles. The molecule has 11 heteroatoms. The average Bonchev–Trinajstić information content (AvgIpc) is 3.61. The highest BCUT2D eigenvalue weighted by Gasteiger charge is 2.39. The fourth-order valence-electron chi connectivity index (χ4n) is 3.92. The van der Waals surface area contributed by atoms with Gasteiger partial charge in [-0.25, -0.2) is 14.8 Å². The number of amides is 1. The Labute approximate surface area is 210 Å². The minimum atomic E-state index is -4.62. The number of nitrogens with zero attached hydrogens (tertiary/aromatic N) is 3. The summed E-state index contributed by atoms with van der Waals surface area (Å²) in [4.78, 5) is 20.0. The van der Waals surface area contributed by atoms with Crippen LogP contribution in [0.4, 0.5) is 29.5 Å². The van der Waals surface area contributed by atoms with E-state index in [1.54, 1.807) is 24.3 Å². The molecule has 2 heterocycles. The van der Waals surface area contributed by atoms with Gasteiger partial charge in [0.25, 0.3) is 5.88 Å². The smallest absolute Gasteiger partial charge is 0.425 e. The number of rotatable bonds is 7. The molecule has 1 aliphatic carbocycles. The first-order valence-corrected chi connectivity index (χ1v) is 11.7. The highest BCUT2D eigenvalue weighted by Crippen LogP contribution is 2.38. The number of nitrogens with two attached hydrogens (primary N) is 1. The van der Waals surface area contributed by atoms with Crippen molar-refractivity contribution in [1.29, 1.82) is 0 Å². The van der Waals surface area contributed by atoms with Gasteiger partial charge in [-0.05, 0) is 61.6 Å². The zero-order valence-corrected chi connectivity index (χ0v) is 19.8. The van der Waals surface area contributed by atoms with Crippen LogP contribution >= 0.6 is 0 Å². The monoisotopic (exact) mass is 511 g/mol. The van der Waals surface area contributed by atoms with Gasteiger partial charge in [-0.1, -0.05) is 12.1 Å². The molecule has 8 nitrogen and oxygen atoms in total. The van der Waals surface area contributed by atoms with E-state index in [0.717, 1.165) is 48.5 Å². The molecule has 2 aromatic carbocycles. The standard InChI is InChI=1S/C26H24F3N5O3/c1-15(26(27,28)29)36-25(35)33-19-7-4-17(5-8-19)21-12-18-6-9-20(37-24-23(30)31-10-11-32-24)13-22(18)34(21)14-16-2-3-16/h4-13,15-16H,2-3,14H2,1H3,(H2,30,31)(H,33,35)/t15-/m1/s1. The second-order valence-corrected chi connectivity index (χ2v) is 8.94. The molecule has 192 valence electrons. The lowest BCUT2D eigenvalue weighted by atomic mass is 10.1. The molecular weight excluding hydrogens is 487 g/mol. The van der Waals surface area contributed by atoms with Gasteiger partial charge < -0.3 is 19.8 Å². The van der Waals surface area contributed by atoms with Crippen molar-refractivity contribution in [2.24, 2.45) is 5.92 Å². The van der Waals surface area contributed by atoms with Crippen LogP contribution in [0, 0.1) is 5.92 Å². The summed E-state index contributed by atoms with van der Waals surface area (Å²) >= 11 is 0. The number of nitrogens with one attached hydrogen (secondary N) is 1. The summed E-state index contributed by atoms with van der Waals surface area (Å²) in [6, 6.07) is 14.7. The number of fused-ring (bicyclic) bond motifs is 1. The summed E-state index contributed by atoms with van der Waals surface area (Å²) in [6.45, 7) is 1.61. The molecule has 1 saturated carbocycles. The number of carbonyl (C=O) groups excluding carboxylic acids is 1. The first-order valence-electron chi connectivity index (χ1n) is 11.7. The van der Waals surface area contributed by atoms with Gasteiger partial charge in [-0.15, -0.1) is 0 Å². The Hall–Kier alpha value is -4.28. The summed E-state index contributed by atoms with van der Waals surface area (Å²) in [6.07, 6.45) is -2.68. The molecule has 1 fully saturated rings. The zero-order chi connectivity index (χ0) is 26.2. The number of hydrogen-bond donors (Lipinski definition) is 2. The van der Waals surface area contributed by atoms with E-state index >= 15 is 0 Å². The van der Waals surface area contributed by atoms with E-state index in [-0.39, 0.29) is 11.7 Å². The van der Waals surface area contributed by atoms with Crippen LogP contribution in [-0.2, 0) is 11.3 Å². The van der Waals surface area contributed by atoms with E-state index in [0.29, 0.717) is 17.4 Å². The zero-order valence-electron chi connectivity index (χ0n) is 19.8. The Kier molecular flexibility index (Phi) is 6.36. The Morgan fingerprint density at radius 1 is 1.14 bits per heavy atom. The number of ether oxygens (including phenoxy) is 2. The second kappa shape index (κ2) is 9.64. The summed E-state index contributed by atoms with van der Waals surface area (Å²) in [5.74, 6) is 1.59. The predicted molar refractivity (Wildman–Crippen MR) is 132 cm³/mol. The molecule has 4 aromatic rings. The first kappa shape index (κ1) is 24.4. The number of hydrogen-bond acceptors (Lipinski definition) is 6. The fraction of sp³-hybridized carbons (Fsp3) is 0.269. The number of halogens is 3. The number of anilines is 2. The third-order valence-electron chi connectivity index (χ3n) is 6.09. The summed E-state index contributed by atoms with van der Waals surface area (Å²) < 4.78 is 50.4. The van der Waals surface area contributed by atoms with Gasteiger partial charge in [0.1, 0.15) is 5.75 Å². The number of carbonyl (C=O) groups is 1. The number of alkyl halides is 3. The van der Waals surface area contributed by atoms with Crippen molar-refractivity contribution < 1.29 is 27.4 Å². The van der Waals surface area contributed by atoms with Crippen molar-refractivity contribution in [2.75, 3.05) is 11.1 Å². The molecule has 3 N–H and O–H groups in total. The van der Waals surface area contributed by atoms with E-state index in [4.69, 9.17) is 10.5 Å². The molecule has 0 unspecified atom stereocenters. The molecule has 0 aliphatic heterocycles. The van der Waals surface area contributed by atoms with Gasteiger partial charge in [-0.3, -0.25) is 5.32 Å². The van der Waals surface area contributed by atoms with E-state index in [1.165, 1.54) is 12.4 Å². The Bertz CT molecular complexity index is 1430. The van der Waals surface area contributed by atoms with E-state index < -0.39 is 18.4 Å². The minimum absolute atomic E-state index is 0.196. The number of nitrogen functional groups attached to an aromatic ring is 1. The Balaban J connectivity index is 1.40. The molecule has 0 radical (unpaired) electrons. The molecule has 1 aliphatic rings. The minimum Gasteiger partial charge on any atom is -0.437 e. The van der Waals surface area contributed by atoms with Crippen LogP contribution in [-0.4, -0.2) is 32.9 Å². The quantitative estimate of drug-likeness (QED) is 0.298. The van der Waals surface area contributed by atoms with E-state index in [1.807, 2.05) is 18.2 Å². The second-order valence-electron chi connectivity index (χ2n) is 8.94. The summed E-state index contributed by atoms with van der Waals surface area (Å²) in [5.41, 5.74) is 9.03. The van der Waals surface area contributed by atoms with Gasteiger partial charge in [0, 0.05) is 41.8 Å². The van der Waals surface area contributed by atoms with Gasteiger partial charge in [-0.2, -0.15) is 13.2 Å². The third-order valence-corrected chi connectivity index (χ3v) is 6.09. The highest BCUT2D eigenvalue weighted by atomic mass is 19.4. The normalized spacial score (nSPS) is 14.4. The van der Waals surface area contributed by atoms with Crippen molar-refractivity contribution in [2.45, 2.75) is 38.6 Å². The maximum absolute atomic E-state index is 12.6. The Morgan fingerprint density at radius 2 is 1.86 bits per heavy atom. The average molecular weight is 512 g/mol. The van der Waals surface area contributed by atoms with Crippen LogP contribution in [0.15, 0.2) is 60.9 Å². The molecule has 37 heavy (non-hydrogen) atoms. The van der Waals surface area contributed by atoms with Crippen LogP contribution in [0.2, 0.25) is 0 Å². The Morgan fingerprint density at radius 3 is 2.54 bits per heavy atom. The van der Waals surface area contributed by atoms with Crippen LogP contribution in [0.5, 0.6) is 11.6 Å². The van der Waals surface area contributed by atoms with Crippen molar-refractivity contribution in [1.82, 2.24) is 14.5 Å². The van der Waals surface area contributed by atoms with E-state index in [2.05, 4.69) is 30.7 Å². The summed E-state index contributed by atoms with van der Waals surface area (Å²) in [5, 5.41) is 3.35. The fourth-order valence-corrected chi connectivity index (χ4v) is 3.92. The number of aromatic nitrogens is 3. The van der Waals surface area contributed by atoms with Crippen molar-refractivity contribution in [3.05, 3.63) is 60.9 Å². The third kappa shape index (κ3) is 5.60. The van der Waals surface area contributed by atoms with Gasteiger partial charge in [0.15, 0.2) is 11.9 Å². The summed E-state index contributed by atoms with van der Waals surface area (Å²) in [7, 11) is 0. The van der Waals surface area contributed by atoms with Gasteiger partial charge in [0.05, 0.1) is 5.52 Å². The van der Waals surface area contributed by atoms with Crippen molar-refractivity contribution in [3.63, 3.8) is 0 Å². The topological polar surface area (TPSA) is 104 Å². The van der Waals surface area contributed by atoms with Gasteiger partial charge >= 0.3 is 12.3 Å². The molecule has 1 atom stereocenters. The lowest BCUT2D eigenvalue weighted by Gasteiger charge is -2.16. The highest BCUT2D eigenvalue weighted by molar-refractivity contribution is 5.89. The largest absolute Gasteiger partial charge is 0.437 e. The lowest BCUT2D eigenvalue weighted by molar-refractivity contribution is -0.196. The van der Waals surface area contributed by atoms with Crippen LogP contribution in [0.25, 0.3) is 22.2 Å². The molecule has 2 aromatic heterocycles. The van der Waals surface area contributed by atoms with Gasteiger partial charge in [0.2, 0.25) is 0 Å². The molecule has 1 amide bonds. The SMILES string of the molecule is C[C@@H](OC(=O)Nc1ccc(-c2cc3ccc(Oc4nccnc4N)cc3n2CC2CC2)cc1)C(F)(F)F. The van der Waals surface area contributed by atoms with E-state index in [9.17, 15) is 18.0 Å². The maximum Gasteiger partial charge on any atom is 0.425 e.